The van der Waals surface area contributed by atoms with Crippen molar-refractivity contribution >= 4 is 32.7 Å². The minimum Gasteiger partial charge on any atom is -0.390 e. The minimum atomic E-state index is -1.17. The quantitative estimate of drug-likeness (QED) is 0.685. The number of halogens is 1. The van der Waals surface area contributed by atoms with Crippen LogP contribution in [-0.4, -0.2) is 43.2 Å². The van der Waals surface area contributed by atoms with Crippen molar-refractivity contribution in [2.24, 2.45) is 5.41 Å². The van der Waals surface area contributed by atoms with Gasteiger partial charge in [-0.3, -0.25) is 0 Å². The fourth-order valence-electron chi connectivity index (χ4n) is 4.61. The molecule has 0 bridgehead atoms. The molecular weight excluding hydrogens is 464 g/mol. The number of benzene rings is 1. The third-order valence-electron chi connectivity index (χ3n) is 6.27. The fraction of sp³-hybridized carbons (Fsp3) is 0.545. The first-order chi connectivity index (χ1) is 14.2. The molecule has 2 aliphatic rings. The van der Waals surface area contributed by atoms with Crippen molar-refractivity contribution in [2.75, 3.05) is 18.0 Å². The number of aromatic nitrogens is 2. The van der Waals surface area contributed by atoms with Gasteiger partial charge in [-0.2, -0.15) is 0 Å². The van der Waals surface area contributed by atoms with E-state index >= 15 is 0 Å². The molecule has 6 nitrogen and oxygen atoms in total. The summed E-state index contributed by atoms with van der Waals surface area (Å²) in [6, 6.07) is 8.69. The number of nitrogens with zero attached hydrogens (tertiary/aromatic N) is 3. The Labute approximate surface area is 189 Å². The van der Waals surface area contributed by atoms with Crippen LogP contribution in [0.1, 0.15) is 44.0 Å². The SMILES string of the molecule is CC(C)(C)S(=O)NC1CN(c2ncc(Br)nc2CO)CCC12Cc1ccccc1C2. The molecule has 30 heavy (non-hydrogen) atoms. The van der Waals surface area contributed by atoms with Crippen LogP contribution in [0.3, 0.4) is 0 Å². The molecular formula is C22H29BrN4O2S. The Morgan fingerprint density at radius 3 is 2.57 bits per heavy atom. The van der Waals surface area contributed by atoms with E-state index in [0.29, 0.717) is 22.7 Å². The first-order valence-electron chi connectivity index (χ1n) is 10.3. The summed E-state index contributed by atoms with van der Waals surface area (Å²) in [5.41, 5.74) is 3.40. The Morgan fingerprint density at radius 1 is 1.30 bits per heavy atom. The average Bonchev–Trinajstić information content (AvgIpc) is 3.08. The van der Waals surface area contributed by atoms with Gasteiger partial charge in [-0.25, -0.2) is 18.9 Å². The van der Waals surface area contributed by atoms with E-state index < -0.39 is 11.0 Å². The van der Waals surface area contributed by atoms with Crippen molar-refractivity contribution in [3.05, 3.63) is 51.9 Å². The van der Waals surface area contributed by atoms with Gasteiger partial charge in [-0.1, -0.05) is 24.3 Å². The van der Waals surface area contributed by atoms with E-state index in [1.54, 1.807) is 6.20 Å². The summed E-state index contributed by atoms with van der Waals surface area (Å²) in [6.07, 6.45) is 4.62. The highest BCUT2D eigenvalue weighted by molar-refractivity contribution is 9.10. The summed E-state index contributed by atoms with van der Waals surface area (Å²) in [6.45, 7) is 7.34. The second-order valence-electron chi connectivity index (χ2n) is 9.35. The molecule has 0 saturated carbocycles. The van der Waals surface area contributed by atoms with Crippen LogP contribution >= 0.6 is 15.9 Å². The number of aliphatic hydroxyl groups excluding tert-OH is 1. The zero-order valence-corrected chi connectivity index (χ0v) is 20.1. The summed E-state index contributed by atoms with van der Waals surface area (Å²) in [4.78, 5) is 11.1. The normalized spacial score (nSPS) is 21.6. The van der Waals surface area contributed by atoms with Gasteiger partial charge in [0.2, 0.25) is 0 Å². The van der Waals surface area contributed by atoms with E-state index in [1.165, 1.54) is 11.1 Å². The number of anilines is 1. The van der Waals surface area contributed by atoms with Crippen molar-refractivity contribution in [3.63, 3.8) is 0 Å². The van der Waals surface area contributed by atoms with Gasteiger partial charge in [0.1, 0.15) is 10.3 Å². The molecule has 1 aromatic heterocycles. The maximum atomic E-state index is 13.1. The molecule has 2 aromatic rings. The highest BCUT2D eigenvalue weighted by Crippen LogP contribution is 2.45. The summed E-state index contributed by atoms with van der Waals surface area (Å²) in [7, 11) is -1.17. The topological polar surface area (TPSA) is 78.4 Å². The van der Waals surface area contributed by atoms with E-state index in [2.05, 4.69) is 59.8 Å². The third kappa shape index (κ3) is 4.20. The molecule has 4 rings (SSSR count). The van der Waals surface area contributed by atoms with Crippen LogP contribution in [0.15, 0.2) is 35.1 Å². The molecule has 2 N–H and O–H groups in total. The molecule has 1 fully saturated rings. The van der Waals surface area contributed by atoms with Gasteiger partial charge >= 0.3 is 0 Å². The van der Waals surface area contributed by atoms with Gasteiger partial charge in [0.25, 0.3) is 0 Å². The predicted octanol–water partition coefficient (Wildman–Crippen LogP) is 3.15. The molecule has 1 spiro atoms. The second kappa shape index (κ2) is 8.30. The highest BCUT2D eigenvalue weighted by atomic mass is 79.9. The van der Waals surface area contributed by atoms with Gasteiger partial charge in [0.05, 0.1) is 28.5 Å². The molecule has 8 heteroatoms. The van der Waals surface area contributed by atoms with E-state index in [0.717, 1.165) is 25.8 Å². The van der Waals surface area contributed by atoms with E-state index in [-0.39, 0.29) is 22.8 Å². The lowest BCUT2D eigenvalue weighted by molar-refractivity contribution is 0.181. The Balaban J connectivity index is 1.65. The number of rotatable bonds is 4. The van der Waals surface area contributed by atoms with E-state index in [1.807, 2.05) is 20.8 Å². The summed E-state index contributed by atoms with van der Waals surface area (Å²) < 4.78 is 16.8. The van der Waals surface area contributed by atoms with Crippen molar-refractivity contribution in [1.29, 1.82) is 0 Å². The number of piperidine rings is 1. The average molecular weight is 493 g/mol. The third-order valence-corrected chi connectivity index (χ3v) is 8.27. The molecule has 1 saturated heterocycles. The smallest absolute Gasteiger partial charge is 0.152 e. The van der Waals surface area contributed by atoms with Crippen LogP contribution in [0.4, 0.5) is 5.82 Å². The maximum absolute atomic E-state index is 13.1. The standard InChI is InChI=1S/C22H29BrN4O2S/c1-21(2,3)30(29)26-18-13-27(20-17(14-28)25-19(23)12-24-20)9-8-22(18)10-15-6-4-5-7-16(15)11-22/h4-7,12,18,26,28H,8-11,13-14H2,1-3H3. The molecule has 1 aromatic carbocycles. The summed E-state index contributed by atoms with van der Waals surface area (Å²) >= 11 is 3.34. The zero-order valence-electron chi connectivity index (χ0n) is 17.7. The Hall–Kier alpha value is -1.35. The molecule has 2 heterocycles. The van der Waals surface area contributed by atoms with Crippen LogP contribution < -0.4 is 9.62 Å². The van der Waals surface area contributed by atoms with Crippen molar-refractivity contribution in [2.45, 2.75) is 57.4 Å². The Morgan fingerprint density at radius 2 is 1.97 bits per heavy atom. The highest BCUT2D eigenvalue weighted by Gasteiger charge is 2.48. The van der Waals surface area contributed by atoms with E-state index in [4.69, 9.17) is 0 Å². The number of hydrogen-bond donors (Lipinski definition) is 2. The lowest BCUT2D eigenvalue weighted by Crippen LogP contribution is -2.59. The van der Waals surface area contributed by atoms with Crippen LogP contribution in [0, 0.1) is 5.41 Å². The lowest BCUT2D eigenvalue weighted by Gasteiger charge is -2.47. The predicted molar refractivity (Wildman–Crippen MR) is 124 cm³/mol. The molecule has 2 unspecified atom stereocenters. The Bertz CT molecular complexity index is 937. The second-order valence-corrected chi connectivity index (χ2v) is 12.2. The van der Waals surface area contributed by atoms with Crippen LogP contribution in [-0.2, 0) is 30.4 Å². The number of aliphatic hydroxyl groups is 1. The zero-order chi connectivity index (χ0) is 21.5. The Kier molecular flexibility index (Phi) is 6.05. The van der Waals surface area contributed by atoms with Crippen LogP contribution in [0.5, 0.6) is 0 Å². The molecule has 162 valence electrons. The minimum absolute atomic E-state index is 0.0310. The molecule has 1 aliphatic carbocycles. The van der Waals surface area contributed by atoms with Crippen molar-refractivity contribution < 1.29 is 9.32 Å². The summed E-state index contributed by atoms with van der Waals surface area (Å²) in [5, 5.41) is 9.80. The van der Waals surface area contributed by atoms with Gasteiger partial charge in [-0.15, -0.1) is 0 Å². The van der Waals surface area contributed by atoms with Crippen LogP contribution in [0.25, 0.3) is 0 Å². The molecule has 0 amide bonds. The first-order valence-corrected chi connectivity index (χ1v) is 12.3. The summed E-state index contributed by atoms with van der Waals surface area (Å²) in [5.74, 6) is 0.708. The maximum Gasteiger partial charge on any atom is 0.152 e. The largest absolute Gasteiger partial charge is 0.390 e. The number of nitrogens with one attached hydrogen (secondary N) is 1. The number of fused-ring (bicyclic) bond motifs is 1. The van der Waals surface area contributed by atoms with Gasteiger partial charge in [0, 0.05) is 19.1 Å². The van der Waals surface area contributed by atoms with Gasteiger partial charge < -0.3 is 10.0 Å². The van der Waals surface area contributed by atoms with Crippen LogP contribution in [0.2, 0.25) is 0 Å². The molecule has 1 aliphatic heterocycles. The fourth-order valence-corrected chi connectivity index (χ4v) is 5.86. The number of hydrogen-bond acceptors (Lipinski definition) is 5. The van der Waals surface area contributed by atoms with Gasteiger partial charge in [0.15, 0.2) is 5.82 Å². The monoisotopic (exact) mass is 492 g/mol. The van der Waals surface area contributed by atoms with Gasteiger partial charge in [-0.05, 0) is 72.5 Å². The van der Waals surface area contributed by atoms with E-state index in [9.17, 15) is 9.32 Å². The lowest BCUT2D eigenvalue weighted by atomic mass is 9.72. The van der Waals surface area contributed by atoms with Crippen molar-refractivity contribution in [3.8, 4) is 0 Å². The molecule has 0 radical (unpaired) electrons. The molecule has 2 atom stereocenters. The first kappa shape index (κ1) is 21.9. The van der Waals surface area contributed by atoms with Crippen molar-refractivity contribution in [1.82, 2.24) is 14.7 Å².